The van der Waals surface area contributed by atoms with E-state index in [1.54, 1.807) is 11.8 Å². The summed E-state index contributed by atoms with van der Waals surface area (Å²) in [5.41, 5.74) is 2.17. The third-order valence-corrected chi connectivity index (χ3v) is 6.65. The molecule has 3 aromatic rings. The monoisotopic (exact) mass is 504 g/mol. The van der Waals surface area contributed by atoms with Gasteiger partial charge in [-0.25, -0.2) is 4.79 Å². The maximum absolute atomic E-state index is 13.0. The number of carbonyl (C=O) groups excluding carboxylic acids is 2. The van der Waals surface area contributed by atoms with Crippen molar-refractivity contribution in [3.05, 3.63) is 84.4 Å². The molecule has 0 aromatic heterocycles. The number of hydrogen-bond acceptors (Lipinski definition) is 4. The molecular formula is C30H36N2O3S. The number of nitrogens with one attached hydrogen (secondary N) is 1. The largest absolute Gasteiger partial charge is 0.427 e. The van der Waals surface area contributed by atoms with Crippen LogP contribution in [0.15, 0.2) is 88.7 Å². The number of aryl methyl sites for hydroxylation is 1. The molecule has 0 bridgehead atoms. The topological polar surface area (TPSA) is 58.6 Å². The number of ether oxygens (including phenoxy) is 1. The van der Waals surface area contributed by atoms with Crippen molar-refractivity contribution in [2.75, 3.05) is 18.0 Å². The minimum atomic E-state index is -0.208. The van der Waals surface area contributed by atoms with Crippen molar-refractivity contribution < 1.29 is 14.3 Å². The zero-order valence-electron chi connectivity index (χ0n) is 21.2. The molecule has 3 rings (SSSR count). The van der Waals surface area contributed by atoms with E-state index in [2.05, 4.69) is 24.4 Å². The van der Waals surface area contributed by atoms with Gasteiger partial charge in [0.25, 0.3) is 0 Å². The van der Waals surface area contributed by atoms with Gasteiger partial charge in [0.05, 0.1) is 0 Å². The summed E-state index contributed by atoms with van der Waals surface area (Å²) < 4.78 is 5.33. The van der Waals surface area contributed by atoms with E-state index in [0.29, 0.717) is 25.3 Å². The van der Waals surface area contributed by atoms with E-state index < -0.39 is 0 Å². The highest BCUT2D eigenvalue weighted by molar-refractivity contribution is 7.99. The van der Waals surface area contributed by atoms with Crippen molar-refractivity contribution in [3.63, 3.8) is 0 Å². The van der Waals surface area contributed by atoms with Crippen LogP contribution in [0.1, 0.15) is 51.5 Å². The second-order valence-corrected chi connectivity index (χ2v) is 9.76. The predicted octanol–water partition coefficient (Wildman–Crippen LogP) is 7.49. The van der Waals surface area contributed by atoms with Gasteiger partial charge in [-0.3, -0.25) is 9.69 Å². The molecule has 0 spiro atoms. The molecule has 0 saturated heterocycles. The second-order valence-electron chi connectivity index (χ2n) is 8.62. The van der Waals surface area contributed by atoms with E-state index in [4.69, 9.17) is 4.74 Å². The van der Waals surface area contributed by atoms with Crippen LogP contribution >= 0.6 is 11.8 Å². The summed E-state index contributed by atoms with van der Waals surface area (Å²) in [6.45, 7) is 5.40. The van der Waals surface area contributed by atoms with Crippen LogP contribution in [0.2, 0.25) is 0 Å². The molecule has 0 unspecified atom stereocenters. The molecule has 6 heteroatoms. The molecule has 0 heterocycles. The lowest BCUT2D eigenvalue weighted by Gasteiger charge is -2.23. The Hall–Kier alpha value is -3.25. The summed E-state index contributed by atoms with van der Waals surface area (Å²) in [5.74, 6) is 0.355. The Morgan fingerprint density at radius 3 is 2.14 bits per heavy atom. The van der Waals surface area contributed by atoms with Crippen molar-refractivity contribution in [2.45, 2.75) is 62.2 Å². The molecule has 0 aliphatic heterocycles. The summed E-state index contributed by atoms with van der Waals surface area (Å²) >= 11 is 1.63. The van der Waals surface area contributed by atoms with E-state index in [1.165, 1.54) is 5.56 Å². The Kier molecular flexibility index (Phi) is 11.4. The average Bonchev–Trinajstić information content (AvgIpc) is 2.89. The minimum absolute atomic E-state index is 0.0508. The number of esters is 1. The molecule has 0 saturated carbocycles. The van der Waals surface area contributed by atoms with Gasteiger partial charge < -0.3 is 10.1 Å². The molecule has 0 atom stereocenters. The van der Waals surface area contributed by atoms with Gasteiger partial charge >= 0.3 is 12.0 Å². The van der Waals surface area contributed by atoms with E-state index in [-0.39, 0.29) is 12.0 Å². The number of amides is 2. The van der Waals surface area contributed by atoms with Crippen molar-refractivity contribution in [1.29, 1.82) is 0 Å². The maximum Gasteiger partial charge on any atom is 0.321 e. The Morgan fingerprint density at radius 1 is 0.833 bits per heavy atom. The average molecular weight is 505 g/mol. The summed E-state index contributed by atoms with van der Waals surface area (Å²) in [6, 6.07) is 25.9. The van der Waals surface area contributed by atoms with Crippen LogP contribution < -0.4 is 15.0 Å². The first kappa shape index (κ1) is 27.3. The van der Waals surface area contributed by atoms with Crippen molar-refractivity contribution in [2.24, 2.45) is 0 Å². The summed E-state index contributed by atoms with van der Waals surface area (Å²) in [6.07, 6.45) is 5.02. The van der Waals surface area contributed by atoms with Crippen LogP contribution in [0, 0.1) is 0 Å². The van der Waals surface area contributed by atoms with Gasteiger partial charge in [-0.1, -0.05) is 62.4 Å². The van der Waals surface area contributed by atoms with Crippen LogP contribution in [0.5, 0.6) is 5.75 Å². The molecule has 0 radical (unpaired) electrons. The molecule has 0 aliphatic rings. The van der Waals surface area contributed by atoms with Gasteiger partial charge in [0.15, 0.2) is 0 Å². The highest BCUT2D eigenvalue weighted by Gasteiger charge is 2.15. The first-order valence-electron chi connectivity index (χ1n) is 12.8. The van der Waals surface area contributed by atoms with Crippen LogP contribution in [0.4, 0.5) is 10.5 Å². The lowest BCUT2D eigenvalue weighted by atomic mass is 10.1. The van der Waals surface area contributed by atoms with E-state index in [0.717, 1.165) is 47.6 Å². The number of unbranched alkanes of at least 4 members (excludes halogenated alkanes) is 1. The van der Waals surface area contributed by atoms with E-state index >= 15 is 0 Å². The number of carbonyl (C=O) groups is 2. The molecule has 0 aliphatic carbocycles. The third-order valence-electron chi connectivity index (χ3n) is 5.64. The predicted molar refractivity (Wildman–Crippen MR) is 148 cm³/mol. The smallest absolute Gasteiger partial charge is 0.321 e. The molecule has 3 aromatic carbocycles. The Labute approximate surface area is 219 Å². The zero-order valence-corrected chi connectivity index (χ0v) is 22.1. The highest BCUT2D eigenvalue weighted by atomic mass is 32.2. The van der Waals surface area contributed by atoms with Crippen molar-refractivity contribution in [1.82, 2.24) is 5.32 Å². The fourth-order valence-electron chi connectivity index (χ4n) is 3.69. The van der Waals surface area contributed by atoms with Gasteiger partial charge in [0, 0.05) is 35.0 Å². The minimum Gasteiger partial charge on any atom is -0.427 e. The first-order chi connectivity index (χ1) is 17.6. The fourth-order valence-corrected chi connectivity index (χ4v) is 4.51. The molecular weight excluding hydrogens is 468 g/mol. The quantitative estimate of drug-likeness (QED) is 0.149. The van der Waals surface area contributed by atoms with Crippen LogP contribution in [-0.2, 0) is 11.2 Å². The third kappa shape index (κ3) is 9.08. The van der Waals surface area contributed by atoms with E-state index in [1.807, 2.05) is 78.6 Å². The standard InChI is InChI=1S/C30H36N2O3S/c1-3-5-22-31-30(34)32(23-9-13-24-11-7-6-8-12-24)25-14-18-27(19-15-25)36-28-20-16-26(17-21-28)35-29(33)10-4-2/h6-8,11-12,14-21H,3-5,9-10,13,22-23H2,1-2H3,(H,31,34). The molecule has 0 fully saturated rings. The van der Waals surface area contributed by atoms with Crippen LogP contribution in [0.25, 0.3) is 0 Å². The molecule has 2 amide bonds. The second kappa shape index (κ2) is 15.0. The number of nitrogens with zero attached hydrogens (tertiary/aromatic N) is 1. The lowest BCUT2D eigenvalue weighted by molar-refractivity contribution is -0.134. The van der Waals surface area contributed by atoms with Gasteiger partial charge in [0.2, 0.25) is 0 Å². The number of urea groups is 1. The fraction of sp³-hybridized carbons (Fsp3) is 0.333. The highest BCUT2D eigenvalue weighted by Crippen LogP contribution is 2.30. The number of benzene rings is 3. The Bertz CT molecular complexity index is 1070. The molecule has 36 heavy (non-hydrogen) atoms. The SMILES string of the molecule is CCCCNC(=O)N(CCCc1ccccc1)c1ccc(Sc2ccc(OC(=O)CCC)cc2)cc1. The Balaban J connectivity index is 1.62. The number of rotatable bonds is 13. The number of hydrogen-bond donors (Lipinski definition) is 1. The summed E-state index contributed by atoms with van der Waals surface area (Å²) in [4.78, 5) is 28.6. The molecule has 5 nitrogen and oxygen atoms in total. The summed E-state index contributed by atoms with van der Waals surface area (Å²) in [7, 11) is 0. The van der Waals surface area contributed by atoms with Gasteiger partial charge in [-0.15, -0.1) is 0 Å². The van der Waals surface area contributed by atoms with Crippen molar-refractivity contribution >= 4 is 29.4 Å². The Morgan fingerprint density at radius 2 is 1.50 bits per heavy atom. The van der Waals surface area contributed by atoms with E-state index in [9.17, 15) is 9.59 Å². The normalized spacial score (nSPS) is 10.6. The number of anilines is 1. The van der Waals surface area contributed by atoms with Crippen LogP contribution in [0.3, 0.4) is 0 Å². The molecule has 190 valence electrons. The molecule has 1 N–H and O–H groups in total. The lowest BCUT2D eigenvalue weighted by Crippen LogP contribution is -2.41. The van der Waals surface area contributed by atoms with Crippen molar-refractivity contribution in [3.8, 4) is 5.75 Å². The van der Waals surface area contributed by atoms with Gasteiger partial charge in [-0.05, 0) is 79.8 Å². The van der Waals surface area contributed by atoms with Gasteiger partial charge in [0.1, 0.15) is 5.75 Å². The van der Waals surface area contributed by atoms with Gasteiger partial charge in [-0.2, -0.15) is 0 Å². The van der Waals surface area contributed by atoms with Crippen LogP contribution in [-0.4, -0.2) is 25.1 Å². The zero-order chi connectivity index (χ0) is 25.6. The maximum atomic E-state index is 13.0. The first-order valence-corrected chi connectivity index (χ1v) is 13.6. The summed E-state index contributed by atoms with van der Waals surface area (Å²) in [5, 5.41) is 3.06.